The van der Waals surface area contributed by atoms with Crippen molar-refractivity contribution in [1.82, 2.24) is 10.6 Å². The summed E-state index contributed by atoms with van der Waals surface area (Å²) < 4.78 is 0. The highest BCUT2D eigenvalue weighted by molar-refractivity contribution is 5.74. The van der Waals surface area contributed by atoms with Gasteiger partial charge in [0.05, 0.1) is 6.04 Å². The van der Waals surface area contributed by atoms with Crippen molar-refractivity contribution < 1.29 is 4.79 Å². The van der Waals surface area contributed by atoms with Crippen molar-refractivity contribution in [2.75, 3.05) is 0 Å². The van der Waals surface area contributed by atoms with Gasteiger partial charge in [-0.25, -0.2) is 4.79 Å². The number of nitrogens with one attached hydrogen (secondary N) is 2. The average molecular weight is 220 g/mol. The molecule has 3 heteroatoms. The maximum absolute atomic E-state index is 11.5. The van der Waals surface area contributed by atoms with Gasteiger partial charge >= 0.3 is 6.03 Å². The number of carbonyl (C=O) groups is 1. The van der Waals surface area contributed by atoms with Crippen LogP contribution in [0.4, 0.5) is 4.79 Å². The van der Waals surface area contributed by atoms with Crippen LogP contribution in [0.3, 0.4) is 0 Å². The van der Waals surface area contributed by atoms with E-state index in [4.69, 9.17) is 0 Å². The summed E-state index contributed by atoms with van der Waals surface area (Å²) in [6, 6.07) is 8.24. The van der Waals surface area contributed by atoms with E-state index in [1.54, 1.807) is 0 Å². The second-order valence-electron chi connectivity index (χ2n) is 4.40. The van der Waals surface area contributed by atoms with Crippen molar-refractivity contribution in [3.8, 4) is 0 Å². The molecule has 0 spiro atoms. The third-order valence-corrected chi connectivity index (χ3v) is 2.34. The van der Waals surface area contributed by atoms with Gasteiger partial charge in [0.2, 0.25) is 0 Å². The van der Waals surface area contributed by atoms with E-state index in [1.165, 1.54) is 5.56 Å². The van der Waals surface area contributed by atoms with Crippen LogP contribution in [-0.4, -0.2) is 12.1 Å². The van der Waals surface area contributed by atoms with Crippen LogP contribution in [0.2, 0.25) is 0 Å². The van der Waals surface area contributed by atoms with Crippen molar-refractivity contribution >= 4 is 6.03 Å². The molecule has 2 amide bonds. The number of urea groups is 1. The molecule has 0 heterocycles. The highest BCUT2D eigenvalue weighted by Gasteiger charge is 2.09. The van der Waals surface area contributed by atoms with E-state index in [0.717, 1.165) is 5.56 Å². The molecule has 0 radical (unpaired) electrons. The zero-order valence-corrected chi connectivity index (χ0v) is 10.4. The maximum Gasteiger partial charge on any atom is 0.315 e. The molecule has 1 aromatic rings. The Morgan fingerprint density at radius 3 is 2.12 bits per heavy atom. The van der Waals surface area contributed by atoms with Crippen LogP contribution in [0, 0.1) is 6.92 Å². The van der Waals surface area contributed by atoms with Crippen LogP contribution >= 0.6 is 0 Å². The lowest BCUT2D eigenvalue weighted by Gasteiger charge is -2.16. The summed E-state index contributed by atoms with van der Waals surface area (Å²) in [5.41, 5.74) is 2.34. The minimum Gasteiger partial charge on any atom is -0.336 e. The fraction of sp³-hybridized carbons (Fsp3) is 0.462. The van der Waals surface area contributed by atoms with Crippen LogP contribution < -0.4 is 10.6 Å². The quantitative estimate of drug-likeness (QED) is 0.808. The van der Waals surface area contributed by atoms with E-state index < -0.39 is 0 Å². The predicted molar refractivity (Wildman–Crippen MR) is 66.4 cm³/mol. The predicted octanol–water partition coefficient (Wildman–Crippen LogP) is 2.76. The number of aryl methyl sites for hydroxylation is 1. The van der Waals surface area contributed by atoms with Gasteiger partial charge in [0.1, 0.15) is 0 Å². The van der Waals surface area contributed by atoms with Crippen molar-refractivity contribution in [3.05, 3.63) is 35.4 Å². The van der Waals surface area contributed by atoms with Gasteiger partial charge in [0.25, 0.3) is 0 Å². The summed E-state index contributed by atoms with van der Waals surface area (Å²) in [6.07, 6.45) is 0. The molecule has 16 heavy (non-hydrogen) atoms. The van der Waals surface area contributed by atoms with Gasteiger partial charge in [-0.1, -0.05) is 29.8 Å². The molecule has 3 nitrogen and oxygen atoms in total. The molecular weight excluding hydrogens is 200 g/mol. The SMILES string of the molecule is Cc1ccc(C(C)NC(=O)NC(C)C)cc1. The lowest BCUT2D eigenvalue weighted by molar-refractivity contribution is 0.235. The molecule has 0 aliphatic heterocycles. The summed E-state index contributed by atoms with van der Waals surface area (Å²) in [6.45, 7) is 7.91. The maximum atomic E-state index is 11.5. The summed E-state index contributed by atoms with van der Waals surface area (Å²) in [7, 11) is 0. The number of carbonyl (C=O) groups excluding carboxylic acids is 1. The van der Waals surface area contributed by atoms with E-state index in [0.29, 0.717) is 0 Å². The molecule has 88 valence electrons. The van der Waals surface area contributed by atoms with Crippen molar-refractivity contribution in [1.29, 1.82) is 0 Å². The highest BCUT2D eigenvalue weighted by Crippen LogP contribution is 2.12. The third kappa shape index (κ3) is 3.93. The van der Waals surface area contributed by atoms with E-state index in [2.05, 4.69) is 10.6 Å². The molecule has 0 aliphatic carbocycles. The Bertz CT molecular complexity index is 343. The number of hydrogen-bond acceptors (Lipinski definition) is 1. The van der Waals surface area contributed by atoms with Gasteiger partial charge in [-0.2, -0.15) is 0 Å². The Morgan fingerprint density at radius 1 is 1.06 bits per heavy atom. The fourth-order valence-corrected chi connectivity index (χ4v) is 1.44. The largest absolute Gasteiger partial charge is 0.336 e. The minimum absolute atomic E-state index is 0.0272. The van der Waals surface area contributed by atoms with Crippen LogP contribution in [0.1, 0.15) is 37.9 Å². The molecule has 0 bridgehead atoms. The topological polar surface area (TPSA) is 41.1 Å². The fourth-order valence-electron chi connectivity index (χ4n) is 1.44. The third-order valence-electron chi connectivity index (χ3n) is 2.34. The summed E-state index contributed by atoms with van der Waals surface area (Å²) >= 11 is 0. The summed E-state index contributed by atoms with van der Waals surface area (Å²) in [4.78, 5) is 11.5. The molecule has 2 N–H and O–H groups in total. The first-order chi connectivity index (χ1) is 7.49. The van der Waals surface area contributed by atoms with Gasteiger partial charge in [-0.3, -0.25) is 0 Å². The Morgan fingerprint density at radius 2 is 1.62 bits per heavy atom. The smallest absolute Gasteiger partial charge is 0.315 e. The van der Waals surface area contributed by atoms with Crippen LogP contribution in [0.5, 0.6) is 0 Å². The first kappa shape index (κ1) is 12.6. The molecule has 0 fully saturated rings. The van der Waals surface area contributed by atoms with Gasteiger partial charge in [0.15, 0.2) is 0 Å². The van der Waals surface area contributed by atoms with E-state index >= 15 is 0 Å². The van der Waals surface area contributed by atoms with Crippen LogP contribution in [-0.2, 0) is 0 Å². The normalized spacial score (nSPS) is 12.3. The molecule has 1 atom stereocenters. The standard InChI is InChI=1S/C13H20N2O/c1-9(2)14-13(16)15-11(4)12-7-5-10(3)6-8-12/h5-9,11H,1-4H3,(H2,14,15,16). The lowest BCUT2D eigenvalue weighted by Crippen LogP contribution is -2.40. The minimum atomic E-state index is -0.122. The molecule has 0 saturated carbocycles. The molecule has 0 aliphatic rings. The monoisotopic (exact) mass is 220 g/mol. The van der Waals surface area contributed by atoms with Crippen molar-refractivity contribution in [2.45, 2.75) is 39.8 Å². The van der Waals surface area contributed by atoms with E-state index in [9.17, 15) is 4.79 Å². The van der Waals surface area contributed by atoms with Crippen molar-refractivity contribution in [3.63, 3.8) is 0 Å². The Balaban J connectivity index is 2.55. The number of hydrogen-bond donors (Lipinski definition) is 2. The van der Waals surface area contributed by atoms with Gasteiger partial charge in [-0.05, 0) is 33.3 Å². The summed E-state index contributed by atoms with van der Waals surface area (Å²) in [5, 5.41) is 5.70. The first-order valence-corrected chi connectivity index (χ1v) is 5.62. The van der Waals surface area contributed by atoms with Gasteiger partial charge < -0.3 is 10.6 Å². The molecular formula is C13H20N2O. The molecule has 1 rings (SSSR count). The first-order valence-electron chi connectivity index (χ1n) is 5.62. The number of benzene rings is 1. The second kappa shape index (κ2) is 5.54. The van der Waals surface area contributed by atoms with Crippen molar-refractivity contribution in [2.24, 2.45) is 0 Å². The Kier molecular flexibility index (Phi) is 4.35. The average Bonchev–Trinajstić information content (AvgIpc) is 2.16. The molecule has 0 saturated heterocycles. The number of rotatable bonds is 3. The zero-order valence-electron chi connectivity index (χ0n) is 10.4. The van der Waals surface area contributed by atoms with Gasteiger partial charge in [0, 0.05) is 6.04 Å². The lowest BCUT2D eigenvalue weighted by atomic mass is 10.1. The summed E-state index contributed by atoms with van der Waals surface area (Å²) in [5.74, 6) is 0. The Labute approximate surface area is 97.2 Å². The Hall–Kier alpha value is -1.51. The van der Waals surface area contributed by atoms with E-state index in [-0.39, 0.29) is 18.1 Å². The van der Waals surface area contributed by atoms with Crippen LogP contribution in [0.25, 0.3) is 0 Å². The second-order valence-corrected chi connectivity index (χ2v) is 4.40. The van der Waals surface area contributed by atoms with Gasteiger partial charge in [-0.15, -0.1) is 0 Å². The highest BCUT2D eigenvalue weighted by atomic mass is 16.2. The van der Waals surface area contributed by atoms with Crippen LogP contribution in [0.15, 0.2) is 24.3 Å². The van der Waals surface area contributed by atoms with E-state index in [1.807, 2.05) is 52.0 Å². The molecule has 1 aromatic carbocycles. The zero-order chi connectivity index (χ0) is 12.1. The molecule has 1 unspecified atom stereocenters. The number of amides is 2. The molecule has 0 aromatic heterocycles.